The minimum Gasteiger partial charge on any atom is -0.481 e. The molecule has 11 heavy (non-hydrogen) atoms. The fraction of sp³-hybridized carbons (Fsp3) is 0.875. The maximum atomic E-state index is 10.2. The van der Waals surface area contributed by atoms with Crippen molar-refractivity contribution in [3.05, 3.63) is 0 Å². The average molecular weight is 178 g/mol. The van der Waals surface area contributed by atoms with Crippen LogP contribution in [0.4, 0.5) is 0 Å². The maximum Gasteiger partial charge on any atom is 0.307 e. The van der Waals surface area contributed by atoms with E-state index in [4.69, 9.17) is 5.11 Å². The minimum absolute atomic E-state index is 0.199. The number of thioether (sulfide) groups is 1. The van der Waals surface area contributed by atoms with Gasteiger partial charge in [0.05, 0.1) is 5.92 Å². The van der Waals surface area contributed by atoms with Crippen LogP contribution < -0.4 is 0 Å². The van der Waals surface area contributed by atoms with Gasteiger partial charge in [0.25, 0.3) is 0 Å². The largest absolute Gasteiger partial charge is 0.481 e. The van der Waals surface area contributed by atoms with E-state index < -0.39 is 5.97 Å². The predicted octanol–water partition coefficient (Wildman–Crippen LogP) is 2.49. The standard InChI is InChI=1S/C6H12O2S.C2H6/c1-3-9-4-5(2)6(7)8;1-2/h5H,3-4H2,1-2H3,(H,7,8);1-2H3. The molecule has 0 saturated heterocycles. The molecule has 0 fully saturated rings. The van der Waals surface area contributed by atoms with E-state index in [-0.39, 0.29) is 5.92 Å². The third kappa shape index (κ3) is 9.82. The average Bonchev–Trinajstić information content (AvgIpc) is 2.03. The molecule has 1 N–H and O–H groups in total. The van der Waals surface area contributed by atoms with Crippen LogP contribution in [-0.4, -0.2) is 22.6 Å². The molecule has 1 atom stereocenters. The molecule has 0 heterocycles. The quantitative estimate of drug-likeness (QED) is 0.718. The van der Waals surface area contributed by atoms with Crippen LogP contribution in [0.5, 0.6) is 0 Å². The third-order valence-electron chi connectivity index (χ3n) is 0.994. The Bertz CT molecular complexity index is 94.1. The lowest BCUT2D eigenvalue weighted by molar-refractivity contribution is -0.140. The number of carbonyl (C=O) groups is 1. The second-order valence-corrected chi connectivity index (χ2v) is 3.22. The van der Waals surface area contributed by atoms with Gasteiger partial charge >= 0.3 is 5.97 Å². The first-order valence-corrected chi connectivity index (χ1v) is 5.14. The number of aliphatic carboxylic acids is 1. The molecule has 0 aliphatic heterocycles. The van der Waals surface area contributed by atoms with Gasteiger partial charge in [-0.3, -0.25) is 4.79 Å². The first-order chi connectivity index (χ1) is 5.18. The lowest BCUT2D eigenvalue weighted by atomic mass is 10.2. The molecule has 0 aromatic rings. The molecule has 0 aromatic heterocycles. The van der Waals surface area contributed by atoms with Crippen molar-refractivity contribution in [3.63, 3.8) is 0 Å². The second-order valence-electron chi connectivity index (χ2n) is 1.90. The van der Waals surface area contributed by atoms with Gasteiger partial charge in [-0.2, -0.15) is 11.8 Å². The van der Waals surface area contributed by atoms with E-state index in [9.17, 15) is 4.79 Å². The highest BCUT2D eigenvalue weighted by Crippen LogP contribution is 2.06. The van der Waals surface area contributed by atoms with E-state index in [2.05, 4.69) is 0 Å². The predicted molar refractivity (Wildman–Crippen MR) is 51.1 cm³/mol. The van der Waals surface area contributed by atoms with Crippen LogP contribution in [0.25, 0.3) is 0 Å². The van der Waals surface area contributed by atoms with Crippen molar-refractivity contribution in [1.82, 2.24) is 0 Å². The van der Waals surface area contributed by atoms with Gasteiger partial charge in [-0.1, -0.05) is 27.7 Å². The molecule has 0 aliphatic rings. The number of carboxylic acid groups (broad SMARTS) is 1. The van der Waals surface area contributed by atoms with Gasteiger partial charge in [0.1, 0.15) is 0 Å². The second kappa shape index (κ2) is 9.82. The van der Waals surface area contributed by atoms with E-state index in [0.29, 0.717) is 0 Å². The van der Waals surface area contributed by atoms with Crippen molar-refractivity contribution in [2.24, 2.45) is 5.92 Å². The van der Waals surface area contributed by atoms with E-state index in [1.807, 2.05) is 20.8 Å². The summed E-state index contributed by atoms with van der Waals surface area (Å²) < 4.78 is 0. The highest BCUT2D eigenvalue weighted by molar-refractivity contribution is 7.99. The van der Waals surface area contributed by atoms with Gasteiger partial charge in [0.2, 0.25) is 0 Å². The van der Waals surface area contributed by atoms with E-state index in [0.717, 1.165) is 11.5 Å². The zero-order chi connectivity index (χ0) is 9.28. The molecule has 0 bridgehead atoms. The zero-order valence-corrected chi connectivity index (χ0v) is 8.57. The van der Waals surface area contributed by atoms with E-state index in [1.165, 1.54) is 0 Å². The summed E-state index contributed by atoms with van der Waals surface area (Å²) in [6.07, 6.45) is 0. The Hall–Kier alpha value is -0.180. The van der Waals surface area contributed by atoms with Gasteiger partial charge < -0.3 is 5.11 Å². The molecule has 0 radical (unpaired) electrons. The molecular formula is C8H18O2S. The van der Waals surface area contributed by atoms with Crippen LogP contribution in [0.3, 0.4) is 0 Å². The van der Waals surface area contributed by atoms with Gasteiger partial charge in [-0.15, -0.1) is 0 Å². The molecule has 0 aliphatic carbocycles. The highest BCUT2D eigenvalue weighted by atomic mass is 32.2. The summed E-state index contributed by atoms with van der Waals surface area (Å²) in [5.74, 6) is 0.828. The van der Waals surface area contributed by atoms with Crippen molar-refractivity contribution >= 4 is 17.7 Å². The summed E-state index contributed by atoms with van der Waals surface area (Å²) in [6, 6.07) is 0. The summed E-state index contributed by atoms with van der Waals surface area (Å²) in [5, 5.41) is 8.40. The number of hydrogen-bond acceptors (Lipinski definition) is 2. The summed E-state index contributed by atoms with van der Waals surface area (Å²) in [5.41, 5.74) is 0. The summed E-state index contributed by atoms with van der Waals surface area (Å²) in [4.78, 5) is 10.2. The SMILES string of the molecule is CC.CCSCC(C)C(=O)O. The van der Waals surface area contributed by atoms with Crippen LogP contribution >= 0.6 is 11.8 Å². The molecule has 0 rings (SSSR count). The van der Waals surface area contributed by atoms with Crippen molar-refractivity contribution in [1.29, 1.82) is 0 Å². The lowest BCUT2D eigenvalue weighted by Crippen LogP contribution is -2.11. The Morgan fingerprint density at radius 2 is 2.00 bits per heavy atom. The molecule has 1 unspecified atom stereocenters. The first-order valence-electron chi connectivity index (χ1n) is 3.99. The van der Waals surface area contributed by atoms with Gasteiger partial charge in [-0.05, 0) is 5.75 Å². The molecule has 68 valence electrons. The summed E-state index contributed by atoms with van der Waals surface area (Å²) >= 11 is 1.66. The molecule has 0 spiro atoms. The first kappa shape index (κ1) is 13.4. The summed E-state index contributed by atoms with van der Waals surface area (Å²) in [7, 11) is 0. The fourth-order valence-corrected chi connectivity index (χ4v) is 1.10. The van der Waals surface area contributed by atoms with E-state index in [1.54, 1.807) is 18.7 Å². The Balaban J connectivity index is 0. The van der Waals surface area contributed by atoms with Crippen molar-refractivity contribution < 1.29 is 9.90 Å². The smallest absolute Gasteiger partial charge is 0.307 e. The molecule has 2 nitrogen and oxygen atoms in total. The van der Waals surface area contributed by atoms with Crippen molar-refractivity contribution in [3.8, 4) is 0 Å². The van der Waals surface area contributed by atoms with Gasteiger partial charge in [-0.25, -0.2) is 0 Å². The normalized spacial score (nSPS) is 11.3. The Kier molecular flexibility index (Phi) is 12.0. The topological polar surface area (TPSA) is 37.3 Å². The number of carboxylic acids is 1. The van der Waals surface area contributed by atoms with Crippen LogP contribution in [0, 0.1) is 5.92 Å². The minimum atomic E-state index is -0.698. The maximum absolute atomic E-state index is 10.2. The van der Waals surface area contributed by atoms with Gasteiger partial charge in [0.15, 0.2) is 0 Å². The van der Waals surface area contributed by atoms with Gasteiger partial charge in [0, 0.05) is 5.75 Å². The molecule has 0 saturated carbocycles. The van der Waals surface area contributed by atoms with Crippen LogP contribution in [-0.2, 0) is 4.79 Å². The highest BCUT2D eigenvalue weighted by Gasteiger charge is 2.08. The van der Waals surface area contributed by atoms with E-state index >= 15 is 0 Å². The van der Waals surface area contributed by atoms with Crippen molar-refractivity contribution in [2.75, 3.05) is 11.5 Å². The molecule has 0 amide bonds. The lowest BCUT2D eigenvalue weighted by Gasteiger charge is -2.01. The molecular weight excluding hydrogens is 160 g/mol. The Morgan fingerprint density at radius 3 is 2.27 bits per heavy atom. The zero-order valence-electron chi connectivity index (χ0n) is 7.76. The molecule has 0 aromatic carbocycles. The Labute approximate surface area is 73.4 Å². The third-order valence-corrected chi connectivity index (χ3v) is 2.14. The summed E-state index contributed by atoms with van der Waals surface area (Å²) in [6.45, 7) is 7.75. The monoisotopic (exact) mass is 178 g/mol. The molecule has 3 heteroatoms. The Morgan fingerprint density at radius 1 is 1.55 bits per heavy atom. The number of hydrogen-bond donors (Lipinski definition) is 1. The van der Waals surface area contributed by atoms with Crippen molar-refractivity contribution in [2.45, 2.75) is 27.7 Å². The van der Waals surface area contributed by atoms with Crippen LogP contribution in [0.15, 0.2) is 0 Å². The fourth-order valence-electron chi connectivity index (χ4n) is 0.366. The van der Waals surface area contributed by atoms with Crippen LogP contribution in [0.1, 0.15) is 27.7 Å². The van der Waals surface area contributed by atoms with Crippen LogP contribution in [0.2, 0.25) is 0 Å². The number of rotatable bonds is 4.